The number of nitrogens with zero attached hydrogens (tertiary/aromatic N) is 2. The molecule has 0 aliphatic rings. The van der Waals surface area contributed by atoms with Crippen molar-refractivity contribution in [1.29, 1.82) is 0 Å². The Hall–Kier alpha value is -1.12. The van der Waals surface area contributed by atoms with Gasteiger partial charge in [0, 0.05) is 17.8 Å². The third kappa shape index (κ3) is 5.48. The number of rotatable bonds is 8. The average Bonchev–Trinajstić information content (AvgIpc) is 2.35. The molecule has 1 N–H and O–H groups in total. The van der Waals surface area contributed by atoms with E-state index < -0.39 is 0 Å². The van der Waals surface area contributed by atoms with Crippen LogP contribution in [0.2, 0.25) is 0 Å². The van der Waals surface area contributed by atoms with Crippen molar-refractivity contribution in [1.82, 2.24) is 9.97 Å². The molecule has 0 spiro atoms. The largest absolute Gasteiger partial charge is 0.368 e. The molecule has 0 saturated carbocycles. The van der Waals surface area contributed by atoms with Gasteiger partial charge in [-0.05, 0) is 19.3 Å². The first-order chi connectivity index (χ1) is 8.63. The molecule has 102 valence electrons. The van der Waals surface area contributed by atoms with E-state index in [4.69, 9.17) is 0 Å². The van der Waals surface area contributed by atoms with Gasteiger partial charge in [-0.2, -0.15) is 0 Å². The number of hydrogen-bond donors (Lipinski definition) is 1. The Kier molecular flexibility index (Phi) is 6.69. The van der Waals surface area contributed by atoms with Gasteiger partial charge in [-0.25, -0.2) is 9.97 Å². The summed E-state index contributed by atoms with van der Waals surface area (Å²) in [4.78, 5) is 8.57. The Morgan fingerprint density at radius 3 is 2.56 bits per heavy atom. The highest BCUT2D eigenvalue weighted by Crippen LogP contribution is 2.15. The summed E-state index contributed by atoms with van der Waals surface area (Å²) in [7, 11) is 0. The number of nitrogens with one attached hydrogen (secondary N) is 1. The van der Waals surface area contributed by atoms with Crippen molar-refractivity contribution in [2.75, 3.05) is 5.32 Å². The fourth-order valence-electron chi connectivity index (χ4n) is 1.97. The third-order valence-corrected chi connectivity index (χ3v) is 3.16. The highest BCUT2D eigenvalue weighted by atomic mass is 15.0. The molecule has 1 unspecified atom stereocenters. The molecule has 3 nitrogen and oxygen atoms in total. The smallest absolute Gasteiger partial charge is 0.129 e. The molecule has 1 rings (SSSR count). The van der Waals surface area contributed by atoms with Crippen LogP contribution in [0.15, 0.2) is 12.4 Å². The van der Waals surface area contributed by atoms with Crippen LogP contribution in [0, 0.1) is 0 Å². The third-order valence-electron chi connectivity index (χ3n) is 3.16. The lowest BCUT2D eigenvalue weighted by Crippen LogP contribution is -2.16. The van der Waals surface area contributed by atoms with Crippen LogP contribution in [-0.2, 0) is 0 Å². The van der Waals surface area contributed by atoms with E-state index in [1.807, 2.05) is 0 Å². The minimum absolute atomic E-state index is 0.452. The van der Waals surface area contributed by atoms with E-state index >= 15 is 0 Å². The van der Waals surface area contributed by atoms with Crippen LogP contribution < -0.4 is 5.32 Å². The maximum Gasteiger partial charge on any atom is 0.129 e. The molecule has 0 amide bonds. The maximum absolute atomic E-state index is 4.28. The molecule has 18 heavy (non-hydrogen) atoms. The van der Waals surface area contributed by atoms with Crippen LogP contribution in [0.25, 0.3) is 0 Å². The lowest BCUT2D eigenvalue weighted by atomic mass is 10.1. The normalized spacial score (nSPS) is 12.7. The van der Waals surface area contributed by atoms with Crippen LogP contribution >= 0.6 is 0 Å². The van der Waals surface area contributed by atoms with E-state index in [1.54, 1.807) is 6.33 Å². The topological polar surface area (TPSA) is 37.8 Å². The Balaban J connectivity index is 2.39. The first kappa shape index (κ1) is 14.9. The number of hydrogen-bond acceptors (Lipinski definition) is 3. The highest BCUT2D eigenvalue weighted by molar-refractivity contribution is 5.36. The predicted octanol–water partition coefficient (Wildman–Crippen LogP) is 4.37. The summed E-state index contributed by atoms with van der Waals surface area (Å²) in [6.07, 6.45) is 8.14. The molecule has 0 aromatic carbocycles. The second-order valence-electron chi connectivity index (χ2n) is 5.38. The maximum atomic E-state index is 4.28. The summed E-state index contributed by atoms with van der Waals surface area (Å²) < 4.78 is 0. The van der Waals surface area contributed by atoms with Crippen LogP contribution in [0.1, 0.15) is 71.4 Å². The molecule has 1 atom stereocenters. The molecular weight excluding hydrogens is 222 g/mol. The Bertz CT molecular complexity index is 336. The summed E-state index contributed by atoms with van der Waals surface area (Å²) in [5.41, 5.74) is 1.10. The van der Waals surface area contributed by atoms with Gasteiger partial charge in [-0.3, -0.25) is 0 Å². The van der Waals surface area contributed by atoms with E-state index in [2.05, 4.69) is 49.0 Å². The lowest BCUT2D eigenvalue weighted by molar-refractivity contribution is 0.592. The van der Waals surface area contributed by atoms with Crippen LogP contribution in [0.4, 0.5) is 5.82 Å². The molecule has 1 aromatic heterocycles. The summed E-state index contributed by atoms with van der Waals surface area (Å²) in [6, 6.07) is 2.55. The van der Waals surface area contributed by atoms with Crippen LogP contribution in [0.3, 0.4) is 0 Å². The van der Waals surface area contributed by atoms with E-state index in [1.165, 1.54) is 32.1 Å². The first-order valence-electron chi connectivity index (χ1n) is 7.22. The van der Waals surface area contributed by atoms with Crippen molar-refractivity contribution in [3.8, 4) is 0 Å². The van der Waals surface area contributed by atoms with Gasteiger partial charge in [0.2, 0.25) is 0 Å². The fraction of sp³-hybridized carbons (Fsp3) is 0.733. The van der Waals surface area contributed by atoms with E-state index in [0.717, 1.165) is 11.5 Å². The second kappa shape index (κ2) is 8.06. The Labute approximate surface area is 111 Å². The van der Waals surface area contributed by atoms with Gasteiger partial charge in [0.15, 0.2) is 0 Å². The lowest BCUT2D eigenvalue weighted by Gasteiger charge is -2.15. The molecule has 0 aliphatic heterocycles. The Morgan fingerprint density at radius 1 is 1.11 bits per heavy atom. The zero-order valence-electron chi connectivity index (χ0n) is 12.2. The van der Waals surface area contributed by atoms with Crippen molar-refractivity contribution in [2.45, 2.75) is 71.8 Å². The van der Waals surface area contributed by atoms with Gasteiger partial charge in [-0.15, -0.1) is 0 Å². The molecule has 1 heterocycles. The molecule has 0 aliphatic carbocycles. The van der Waals surface area contributed by atoms with Gasteiger partial charge < -0.3 is 5.32 Å². The van der Waals surface area contributed by atoms with Crippen molar-refractivity contribution in [3.05, 3.63) is 18.1 Å². The van der Waals surface area contributed by atoms with Crippen molar-refractivity contribution >= 4 is 5.82 Å². The Morgan fingerprint density at radius 2 is 1.89 bits per heavy atom. The quantitative estimate of drug-likeness (QED) is 0.695. The number of unbranched alkanes of at least 4 members (excludes halogenated alkanes) is 3. The average molecular weight is 249 g/mol. The van der Waals surface area contributed by atoms with E-state index in [0.29, 0.717) is 12.0 Å². The summed E-state index contributed by atoms with van der Waals surface area (Å²) in [5, 5.41) is 3.46. The zero-order valence-corrected chi connectivity index (χ0v) is 12.2. The van der Waals surface area contributed by atoms with Crippen LogP contribution in [-0.4, -0.2) is 16.0 Å². The molecule has 3 heteroatoms. The van der Waals surface area contributed by atoms with Gasteiger partial charge in [-0.1, -0.05) is 46.5 Å². The minimum atomic E-state index is 0.452. The van der Waals surface area contributed by atoms with Crippen LogP contribution in [0.5, 0.6) is 0 Å². The van der Waals surface area contributed by atoms with Crippen molar-refractivity contribution in [2.24, 2.45) is 0 Å². The number of anilines is 1. The molecule has 0 fully saturated rings. The molecular formula is C15H27N3. The van der Waals surface area contributed by atoms with Crippen molar-refractivity contribution in [3.63, 3.8) is 0 Å². The van der Waals surface area contributed by atoms with Gasteiger partial charge in [0.25, 0.3) is 0 Å². The first-order valence-corrected chi connectivity index (χ1v) is 7.22. The summed E-state index contributed by atoms with van der Waals surface area (Å²) in [6.45, 7) is 8.78. The SMILES string of the molecule is CCCCCCC(C)Nc1cc(C(C)C)ncn1. The highest BCUT2D eigenvalue weighted by Gasteiger charge is 2.06. The molecule has 0 radical (unpaired) electrons. The fourth-order valence-corrected chi connectivity index (χ4v) is 1.97. The zero-order chi connectivity index (χ0) is 13.4. The standard InChI is InChI=1S/C15H27N3/c1-5-6-7-8-9-13(4)18-15-10-14(12(2)3)16-11-17-15/h10-13H,5-9H2,1-4H3,(H,16,17,18). The summed E-state index contributed by atoms with van der Waals surface area (Å²) in [5.74, 6) is 1.41. The van der Waals surface area contributed by atoms with Gasteiger partial charge >= 0.3 is 0 Å². The number of aromatic nitrogens is 2. The van der Waals surface area contributed by atoms with E-state index in [-0.39, 0.29) is 0 Å². The predicted molar refractivity (Wildman–Crippen MR) is 78.0 cm³/mol. The monoisotopic (exact) mass is 249 g/mol. The minimum Gasteiger partial charge on any atom is -0.368 e. The second-order valence-corrected chi connectivity index (χ2v) is 5.38. The molecule has 0 bridgehead atoms. The van der Waals surface area contributed by atoms with Gasteiger partial charge in [0.05, 0.1) is 0 Å². The summed E-state index contributed by atoms with van der Waals surface area (Å²) >= 11 is 0. The van der Waals surface area contributed by atoms with Crippen molar-refractivity contribution < 1.29 is 0 Å². The van der Waals surface area contributed by atoms with E-state index in [9.17, 15) is 0 Å². The van der Waals surface area contributed by atoms with Gasteiger partial charge in [0.1, 0.15) is 12.1 Å². The molecule has 1 aromatic rings. The molecule has 0 saturated heterocycles.